The SMILES string of the molecule is CCCOCCSc1ccc(N)cc1. The van der Waals surface area contributed by atoms with Gasteiger partial charge in [-0.1, -0.05) is 6.92 Å². The highest BCUT2D eigenvalue weighted by molar-refractivity contribution is 7.99. The summed E-state index contributed by atoms with van der Waals surface area (Å²) in [7, 11) is 0. The smallest absolute Gasteiger partial charge is 0.0560 e. The summed E-state index contributed by atoms with van der Waals surface area (Å²) in [5, 5.41) is 0. The Kier molecular flexibility index (Phi) is 5.49. The minimum Gasteiger partial charge on any atom is -0.399 e. The van der Waals surface area contributed by atoms with E-state index in [1.807, 2.05) is 24.3 Å². The molecule has 1 rings (SSSR count). The van der Waals surface area contributed by atoms with Crippen LogP contribution in [0.2, 0.25) is 0 Å². The maximum atomic E-state index is 5.59. The summed E-state index contributed by atoms with van der Waals surface area (Å²) < 4.78 is 5.38. The summed E-state index contributed by atoms with van der Waals surface area (Å²) >= 11 is 1.80. The number of nitrogen functional groups attached to an aromatic ring is 1. The van der Waals surface area contributed by atoms with Crippen molar-refractivity contribution in [3.63, 3.8) is 0 Å². The first kappa shape index (κ1) is 11.4. The van der Waals surface area contributed by atoms with Crippen molar-refractivity contribution in [3.05, 3.63) is 24.3 Å². The van der Waals surface area contributed by atoms with Crippen LogP contribution in [0.5, 0.6) is 0 Å². The number of rotatable bonds is 6. The Morgan fingerprint density at radius 2 is 1.93 bits per heavy atom. The first-order valence-electron chi connectivity index (χ1n) is 4.89. The molecule has 78 valence electrons. The van der Waals surface area contributed by atoms with E-state index in [1.165, 1.54) is 4.90 Å². The molecule has 0 saturated carbocycles. The van der Waals surface area contributed by atoms with E-state index < -0.39 is 0 Å². The zero-order valence-corrected chi connectivity index (χ0v) is 9.35. The monoisotopic (exact) mass is 211 g/mol. The van der Waals surface area contributed by atoms with Crippen LogP contribution in [0.4, 0.5) is 5.69 Å². The molecule has 0 bridgehead atoms. The Balaban J connectivity index is 2.15. The lowest BCUT2D eigenvalue weighted by molar-refractivity contribution is 0.151. The van der Waals surface area contributed by atoms with E-state index in [1.54, 1.807) is 11.8 Å². The van der Waals surface area contributed by atoms with Crippen LogP contribution < -0.4 is 5.73 Å². The molecule has 2 nitrogen and oxygen atoms in total. The van der Waals surface area contributed by atoms with Gasteiger partial charge in [0.05, 0.1) is 6.61 Å². The minimum absolute atomic E-state index is 0.816. The standard InChI is InChI=1S/C11H17NOS/c1-2-7-13-8-9-14-11-5-3-10(12)4-6-11/h3-6H,2,7-9,12H2,1H3. The van der Waals surface area contributed by atoms with Gasteiger partial charge in [-0.2, -0.15) is 0 Å². The van der Waals surface area contributed by atoms with Crippen LogP contribution in [0.1, 0.15) is 13.3 Å². The molecule has 0 saturated heterocycles. The summed E-state index contributed by atoms with van der Waals surface area (Å²) in [6.45, 7) is 3.80. The summed E-state index contributed by atoms with van der Waals surface area (Å²) in [6, 6.07) is 7.93. The Morgan fingerprint density at radius 1 is 1.21 bits per heavy atom. The molecule has 3 heteroatoms. The van der Waals surface area contributed by atoms with Gasteiger partial charge in [0.1, 0.15) is 0 Å². The van der Waals surface area contributed by atoms with E-state index in [2.05, 4.69) is 6.92 Å². The number of hydrogen-bond acceptors (Lipinski definition) is 3. The second-order valence-electron chi connectivity index (χ2n) is 3.03. The predicted octanol–water partition coefficient (Wildman–Crippen LogP) is 2.79. The summed E-state index contributed by atoms with van der Waals surface area (Å²) in [4.78, 5) is 1.25. The van der Waals surface area contributed by atoms with Crippen molar-refractivity contribution in [1.29, 1.82) is 0 Å². The molecule has 0 aliphatic carbocycles. The first-order chi connectivity index (χ1) is 6.83. The fraction of sp³-hybridized carbons (Fsp3) is 0.455. The van der Waals surface area contributed by atoms with Crippen molar-refractivity contribution in [2.75, 3.05) is 24.7 Å². The van der Waals surface area contributed by atoms with Crippen LogP contribution in [-0.2, 0) is 4.74 Å². The van der Waals surface area contributed by atoms with Gasteiger partial charge in [0.15, 0.2) is 0 Å². The number of anilines is 1. The largest absolute Gasteiger partial charge is 0.399 e. The highest BCUT2D eigenvalue weighted by Crippen LogP contribution is 2.18. The maximum Gasteiger partial charge on any atom is 0.0560 e. The number of hydrogen-bond donors (Lipinski definition) is 1. The molecule has 1 aromatic rings. The van der Waals surface area contributed by atoms with Crippen LogP contribution in [-0.4, -0.2) is 19.0 Å². The van der Waals surface area contributed by atoms with Crippen molar-refractivity contribution in [3.8, 4) is 0 Å². The van der Waals surface area contributed by atoms with Gasteiger partial charge in [0.2, 0.25) is 0 Å². The summed E-state index contributed by atoms with van der Waals surface area (Å²) in [5.41, 5.74) is 6.40. The lowest BCUT2D eigenvalue weighted by Gasteiger charge is -2.02. The molecular weight excluding hydrogens is 194 g/mol. The highest BCUT2D eigenvalue weighted by Gasteiger charge is 1.93. The molecule has 0 fully saturated rings. The van der Waals surface area contributed by atoms with Gasteiger partial charge in [-0.15, -0.1) is 11.8 Å². The Bertz CT molecular complexity index is 248. The first-order valence-corrected chi connectivity index (χ1v) is 5.87. The Labute approximate surface area is 89.8 Å². The molecule has 2 N–H and O–H groups in total. The predicted molar refractivity (Wildman–Crippen MR) is 62.7 cm³/mol. The average Bonchev–Trinajstić information content (AvgIpc) is 2.21. The van der Waals surface area contributed by atoms with Crippen LogP contribution >= 0.6 is 11.8 Å². The third kappa shape index (κ3) is 4.53. The van der Waals surface area contributed by atoms with E-state index in [9.17, 15) is 0 Å². The molecule has 0 radical (unpaired) electrons. The van der Waals surface area contributed by atoms with Crippen LogP contribution in [0, 0.1) is 0 Å². The zero-order valence-electron chi connectivity index (χ0n) is 8.53. The minimum atomic E-state index is 0.816. The molecule has 0 unspecified atom stereocenters. The van der Waals surface area contributed by atoms with Gasteiger partial charge < -0.3 is 10.5 Å². The number of benzene rings is 1. The van der Waals surface area contributed by atoms with Gasteiger partial charge in [0.25, 0.3) is 0 Å². The number of ether oxygens (including phenoxy) is 1. The molecule has 14 heavy (non-hydrogen) atoms. The van der Waals surface area contributed by atoms with E-state index >= 15 is 0 Å². The molecule has 0 heterocycles. The van der Waals surface area contributed by atoms with Crippen molar-refractivity contribution in [1.82, 2.24) is 0 Å². The van der Waals surface area contributed by atoms with Gasteiger partial charge in [-0.25, -0.2) is 0 Å². The van der Waals surface area contributed by atoms with Gasteiger partial charge in [-0.3, -0.25) is 0 Å². The number of thioether (sulfide) groups is 1. The second-order valence-corrected chi connectivity index (χ2v) is 4.20. The third-order valence-electron chi connectivity index (χ3n) is 1.72. The zero-order chi connectivity index (χ0) is 10.2. The topological polar surface area (TPSA) is 35.2 Å². The van der Waals surface area contributed by atoms with Crippen LogP contribution in [0.15, 0.2) is 29.2 Å². The Morgan fingerprint density at radius 3 is 2.57 bits per heavy atom. The molecular formula is C11H17NOS. The molecule has 0 aromatic heterocycles. The van der Waals surface area contributed by atoms with Crippen LogP contribution in [0.25, 0.3) is 0 Å². The van der Waals surface area contributed by atoms with Crippen molar-refractivity contribution in [2.24, 2.45) is 0 Å². The van der Waals surface area contributed by atoms with E-state index in [-0.39, 0.29) is 0 Å². The van der Waals surface area contributed by atoms with E-state index in [0.29, 0.717) is 0 Å². The molecule has 0 aliphatic rings. The van der Waals surface area contributed by atoms with Gasteiger partial charge in [-0.05, 0) is 30.7 Å². The number of nitrogens with two attached hydrogens (primary N) is 1. The fourth-order valence-electron chi connectivity index (χ4n) is 1.03. The van der Waals surface area contributed by atoms with Crippen molar-refractivity contribution < 1.29 is 4.74 Å². The van der Waals surface area contributed by atoms with Crippen molar-refractivity contribution >= 4 is 17.4 Å². The molecule has 1 aromatic carbocycles. The third-order valence-corrected chi connectivity index (χ3v) is 2.70. The normalized spacial score (nSPS) is 10.4. The maximum absolute atomic E-state index is 5.59. The molecule has 0 aliphatic heterocycles. The highest BCUT2D eigenvalue weighted by atomic mass is 32.2. The van der Waals surface area contributed by atoms with Gasteiger partial charge >= 0.3 is 0 Å². The van der Waals surface area contributed by atoms with Crippen molar-refractivity contribution in [2.45, 2.75) is 18.2 Å². The summed E-state index contributed by atoms with van der Waals surface area (Å²) in [5.74, 6) is 1.00. The van der Waals surface area contributed by atoms with Crippen LogP contribution in [0.3, 0.4) is 0 Å². The lowest BCUT2D eigenvalue weighted by atomic mass is 10.3. The van der Waals surface area contributed by atoms with Gasteiger partial charge in [0, 0.05) is 22.9 Å². The lowest BCUT2D eigenvalue weighted by Crippen LogP contribution is -1.97. The second kappa shape index (κ2) is 6.74. The molecule has 0 amide bonds. The molecule has 0 atom stereocenters. The fourth-order valence-corrected chi connectivity index (χ4v) is 1.79. The molecule has 0 spiro atoms. The summed E-state index contributed by atoms with van der Waals surface area (Å²) in [6.07, 6.45) is 1.09. The Hall–Kier alpha value is -0.670. The quantitative estimate of drug-likeness (QED) is 0.446. The van der Waals surface area contributed by atoms with E-state index in [4.69, 9.17) is 10.5 Å². The average molecular weight is 211 g/mol. The van der Waals surface area contributed by atoms with E-state index in [0.717, 1.165) is 31.1 Å².